The van der Waals surface area contributed by atoms with E-state index in [4.69, 9.17) is 0 Å². The van der Waals surface area contributed by atoms with Crippen LogP contribution in [0.3, 0.4) is 0 Å². The van der Waals surface area contributed by atoms with Crippen LogP contribution in [0.2, 0.25) is 0 Å². The van der Waals surface area contributed by atoms with Gasteiger partial charge >= 0.3 is 0 Å². The number of anilines is 1. The highest BCUT2D eigenvalue weighted by Crippen LogP contribution is 2.24. The lowest BCUT2D eigenvalue weighted by Gasteiger charge is -2.17. The van der Waals surface area contributed by atoms with Crippen molar-refractivity contribution in [3.8, 4) is 0 Å². The molecule has 3 rings (SSSR count). The Hall–Kier alpha value is -1.57. The van der Waals surface area contributed by atoms with Gasteiger partial charge in [0.25, 0.3) is 0 Å². The highest BCUT2D eigenvalue weighted by molar-refractivity contribution is 5.85. The molecule has 0 amide bonds. The van der Waals surface area contributed by atoms with Crippen LogP contribution in [0.4, 0.5) is 5.69 Å². The fourth-order valence-electron chi connectivity index (χ4n) is 2.24. The highest BCUT2D eigenvalue weighted by atomic mass is 15.1. The van der Waals surface area contributed by atoms with Crippen LogP contribution in [0.5, 0.6) is 0 Å². The molecule has 0 atom stereocenters. The number of hydrogen-bond acceptors (Lipinski definition) is 2. The Kier molecular flexibility index (Phi) is 2.05. The van der Waals surface area contributed by atoms with E-state index in [1.165, 1.54) is 42.4 Å². The van der Waals surface area contributed by atoms with Crippen molar-refractivity contribution in [2.75, 3.05) is 18.0 Å². The topological polar surface area (TPSA) is 16.1 Å². The second-order valence-electron chi connectivity index (χ2n) is 4.10. The number of benzene rings is 1. The zero-order valence-corrected chi connectivity index (χ0v) is 8.69. The molecule has 1 aliphatic rings. The number of rotatable bonds is 1. The standard InChI is InChI=1S/C13H14N2/c1-2-8-15(7-1)13-4-3-12-10-14-6-5-11(12)9-13/h3-6,9-10H,1-2,7-8H2. The van der Waals surface area contributed by atoms with Crippen LogP contribution in [0.25, 0.3) is 10.8 Å². The van der Waals surface area contributed by atoms with Crippen molar-refractivity contribution in [1.29, 1.82) is 0 Å². The van der Waals surface area contributed by atoms with Gasteiger partial charge in [-0.05, 0) is 36.4 Å². The number of fused-ring (bicyclic) bond motifs is 1. The van der Waals surface area contributed by atoms with Gasteiger partial charge in [0.05, 0.1) is 0 Å². The molecule has 15 heavy (non-hydrogen) atoms. The zero-order chi connectivity index (χ0) is 10.1. The first-order valence-corrected chi connectivity index (χ1v) is 5.52. The Morgan fingerprint density at radius 2 is 1.87 bits per heavy atom. The van der Waals surface area contributed by atoms with Gasteiger partial charge in [0.1, 0.15) is 0 Å². The van der Waals surface area contributed by atoms with E-state index >= 15 is 0 Å². The normalized spacial score (nSPS) is 16.1. The van der Waals surface area contributed by atoms with Gasteiger partial charge in [-0.2, -0.15) is 0 Å². The Morgan fingerprint density at radius 1 is 1.00 bits per heavy atom. The molecule has 0 radical (unpaired) electrons. The summed E-state index contributed by atoms with van der Waals surface area (Å²) in [7, 11) is 0. The maximum atomic E-state index is 4.13. The second kappa shape index (κ2) is 3.54. The molecule has 1 aromatic carbocycles. The van der Waals surface area contributed by atoms with Crippen LogP contribution < -0.4 is 4.90 Å². The molecule has 0 bridgehead atoms. The van der Waals surface area contributed by atoms with Gasteiger partial charge in [-0.25, -0.2) is 0 Å². The summed E-state index contributed by atoms with van der Waals surface area (Å²) in [4.78, 5) is 6.58. The van der Waals surface area contributed by atoms with Crippen LogP contribution in [-0.2, 0) is 0 Å². The van der Waals surface area contributed by atoms with Gasteiger partial charge in [-0.3, -0.25) is 4.98 Å². The fourth-order valence-corrected chi connectivity index (χ4v) is 2.24. The third-order valence-electron chi connectivity index (χ3n) is 3.10. The number of hydrogen-bond donors (Lipinski definition) is 0. The van der Waals surface area contributed by atoms with E-state index in [1.54, 1.807) is 0 Å². The molecular formula is C13H14N2. The predicted molar refractivity (Wildman–Crippen MR) is 63.2 cm³/mol. The molecule has 0 unspecified atom stereocenters. The minimum Gasteiger partial charge on any atom is -0.372 e. The van der Waals surface area contributed by atoms with Gasteiger partial charge in [0, 0.05) is 36.6 Å². The summed E-state index contributed by atoms with van der Waals surface area (Å²) in [6.07, 6.45) is 6.43. The molecule has 2 heteroatoms. The minimum atomic E-state index is 1.20. The van der Waals surface area contributed by atoms with Crippen molar-refractivity contribution in [3.05, 3.63) is 36.7 Å². The molecule has 0 spiro atoms. The average molecular weight is 198 g/mol. The molecule has 1 saturated heterocycles. The lowest BCUT2D eigenvalue weighted by molar-refractivity contribution is 0.949. The van der Waals surface area contributed by atoms with E-state index in [0.29, 0.717) is 0 Å². The zero-order valence-electron chi connectivity index (χ0n) is 8.69. The first kappa shape index (κ1) is 8.72. The Morgan fingerprint density at radius 3 is 2.73 bits per heavy atom. The summed E-state index contributed by atoms with van der Waals surface area (Å²) in [6, 6.07) is 8.71. The fraction of sp³-hybridized carbons (Fsp3) is 0.308. The molecule has 1 aromatic heterocycles. The van der Waals surface area contributed by atoms with Gasteiger partial charge in [-0.1, -0.05) is 6.07 Å². The number of pyridine rings is 1. The number of nitrogens with zero attached hydrogens (tertiary/aromatic N) is 2. The lowest BCUT2D eigenvalue weighted by Crippen LogP contribution is -2.17. The summed E-state index contributed by atoms with van der Waals surface area (Å²) in [5, 5.41) is 2.51. The van der Waals surface area contributed by atoms with Crippen molar-refractivity contribution >= 4 is 16.5 Å². The summed E-state index contributed by atoms with van der Waals surface area (Å²) in [5.74, 6) is 0. The van der Waals surface area contributed by atoms with Crippen molar-refractivity contribution in [3.63, 3.8) is 0 Å². The molecule has 0 saturated carbocycles. The van der Waals surface area contributed by atoms with Gasteiger partial charge in [0.15, 0.2) is 0 Å². The van der Waals surface area contributed by atoms with Crippen LogP contribution in [0.1, 0.15) is 12.8 Å². The van der Waals surface area contributed by atoms with Crippen molar-refractivity contribution < 1.29 is 0 Å². The van der Waals surface area contributed by atoms with Crippen molar-refractivity contribution in [2.24, 2.45) is 0 Å². The summed E-state index contributed by atoms with van der Waals surface area (Å²) in [6.45, 7) is 2.41. The molecule has 1 fully saturated rings. The van der Waals surface area contributed by atoms with Crippen LogP contribution in [-0.4, -0.2) is 18.1 Å². The van der Waals surface area contributed by atoms with E-state index in [9.17, 15) is 0 Å². The molecule has 1 aliphatic heterocycles. The largest absolute Gasteiger partial charge is 0.372 e. The van der Waals surface area contributed by atoms with E-state index in [0.717, 1.165) is 0 Å². The first-order valence-electron chi connectivity index (χ1n) is 5.52. The molecule has 0 aliphatic carbocycles. The first-order chi connectivity index (χ1) is 7.43. The lowest BCUT2D eigenvalue weighted by atomic mass is 10.1. The monoisotopic (exact) mass is 198 g/mol. The minimum absolute atomic E-state index is 1.20. The van der Waals surface area contributed by atoms with Crippen molar-refractivity contribution in [2.45, 2.75) is 12.8 Å². The van der Waals surface area contributed by atoms with Gasteiger partial charge in [0.2, 0.25) is 0 Å². The quantitative estimate of drug-likeness (QED) is 0.700. The molecule has 2 nitrogen and oxygen atoms in total. The van der Waals surface area contributed by atoms with Crippen molar-refractivity contribution in [1.82, 2.24) is 4.98 Å². The summed E-state index contributed by atoms with van der Waals surface area (Å²) in [5.41, 5.74) is 1.35. The van der Waals surface area contributed by atoms with Crippen LogP contribution >= 0.6 is 0 Å². The van der Waals surface area contributed by atoms with Crippen LogP contribution in [0.15, 0.2) is 36.7 Å². The van der Waals surface area contributed by atoms with E-state index in [-0.39, 0.29) is 0 Å². The summed E-state index contributed by atoms with van der Waals surface area (Å²) >= 11 is 0. The van der Waals surface area contributed by atoms with Gasteiger partial charge < -0.3 is 4.90 Å². The Labute approximate surface area is 89.5 Å². The van der Waals surface area contributed by atoms with Crippen LogP contribution in [0, 0.1) is 0 Å². The van der Waals surface area contributed by atoms with E-state index < -0.39 is 0 Å². The summed E-state index contributed by atoms with van der Waals surface area (Å²) < 4.78 is 0. The third kappa shape index (κ3) is 1.56. The SMILES string of the molecule is c1cc2cc(N3CCCC3)ccc2cn1. The third-order valence-corrected chi connectivity index (χ3v) is 3.10. The molecule has 2 heterocycles. The van der Waals surface area contributed by atoms with E-state index in [1.807, 2.05) is 12.4 Å². The van der Waals surface area contributed by atoms with E-state index in [2.05, 4.69) is 34.1 Å². The highest BCUT2D eigenvalue weighted by Gasteiger charge is 2.11. The smallest absolute Gasteiger partial charge is 0.0372 e. The predicted octanol–water partition coefficient (Wildman–Crippen LogP) is 2.84. The Balaban J connectivity index is 2.05. The molecule has 76 valence electrons. The Bertz CT molecular complexity index is 473. The second-order valence-corrected chi connectivity index (χ2v) is 4.10. The maximum Gasteiger partial charge on any atom is 0.0372 e. The maximum absolute atomic E-state index is 4.13. The average Bonchev–Trinajstić information content (AvgIpc) is 2.82. The molecule has 2 aromatic rings. The molecule has 0 N–H and O–H groups in total. The van der Waals surface area contributed by atoms with Gasteiger partial charge in [-0.15, -0.1) is 0 Å². The number of aromatic nitrogens is 1. The molecular weight excluding hydrogens is 184 g/mol.